The Morgan fingerprint density at radius 2 is 2.15 bits per heavy atom. The van der Waals surface area contributed by atoms with Crippen molar-refractivity contribution in [2.75, 3.05) is 6.61 Å². The van der Waals surface area contributed by atoms with Crippen molar-refractivity contribution >= 4 is 34.2 Å². The molecule has 0 saturated carbocycles. The van der Waals surface area contributed by atoms with E-state index in [9.17, 15) is 0 Å². The highest BCUT2D eigenvalue weighted by Gasteiger charge is 2.02. The van der Waals surface area contributed by atoms with Crippen molar-refractivity contribution in [3.63, 3.8) is 0 Å². The Kier molecular flexibility index (Phi) is 4.32. The SMILES string of the molecule is CC(C)COc1cc(Cl)ccc1I. The third-order valence-electron chi connectivity index (χ3n) is 1.47. The van der Waals surface area contributed by atoms with E-state index in [4.69, 9.17) is 16.3 Å². The number of hydrogen-bond donors (Lipinski definition) is 0. The smallest absolute Gasteiger partial charge is 0.134 e. The Hall–Kier alpha value is 0.0400. The number of benzene rings is 1. The quantitative estimate of drug-likeness (QED) is 0.767. The lowest BCUT2D eigenvalue weighted by Crippen LogP contribution is -2.05. The van der Waals surface area contributed by atoms with Crippen molar-refractivity contribution in [2.24, 2.45) is 5.92 Å². The largest absolute Gasteiger partial charge is 0.492 e. The molecule has 0 aliphatic rings. The van der Waals surface area contributed by atoms with Gasteiger partial charge in [0.15, 0.2) is 0 Å². The van der Waals surface area contributed by atoms with Crippen LogP contribution in [0.15, 0.2) is 18.2 Å². The lowest BCUT2D eigenvalue weighted by atomic mass is 10.2. The summed E-state index contributed by atoms with van der Waals surface area (Å²) >= 11 is 8.09. The van der Waals surface area contributed by atoms with Crippen molar-refractivity contribution < 1.29 is 4.74 Å². The minimum absolute atomic E-state index is 0.537. The summed E-state index contributed by atoms with van der Waals surface area (Å²) in [5.41, 5.74) is 0. The molecule has 0 radical (unpaired) electrons. The summed E-state index contributed by atoms with van der Waals surface area (Å²) in [7, 11) is 0. The molecule has 0 amide bonds. The third-order valence-corrected chi connectivity index (χ3v) is 2.59. The van der Waals surface area contributed by atoms with Gasteiger partial charge in [0, 0.05) is 5.02 Å². The first-order chi connectivity index (χ1) is 6.09. The molecule has 1 rings (SSSR count). The van der Waals surface area contributed by atoms with Crippen molar-refractivity contribution in [3.05, 3.63) is 26.8 Å². The molecule has 3 heteroatoms. The van der Waals surface area contributed by atoms with E-state index in [2.05, 4.69) is 36.4 Å². The Labute approximate surface area is 97.6 Å². The molecule has 0 saturated heterocycles. The zero-order valence-corrected chi connectivity index (χ0v) is 10.6. The lowest BCUT2D eigenvalue weighted by molar-refractivity contribution is 0.269. The molecule has 72 valence electrons. The van der Waals surface area contributed by atoms with Gasteiger partial charge in [-0.1, -0.05) is 25.4 Å². The molecule has 0 N–H and O–H groups in total. The summed E-state index contributed by atoms with van der Waals surface area (Å²) in [6, 6.07) is 5.68. The van der Waals surface area contributed by atoms with Crippen LogP contribution in [0.2, 0.25) is 5.02 Å². The number of rotatable bonds is 3. The summed E-state index contributed by atoms with van der Waals surface area (Å²) < 4.78 is 6.69. The van der Waals surface area contributed by atoms with Crippen LogP contribution in [0.3, 0.4) is 0 Å². The average Bonchev–Trinajstić information content (AvgIpc) is 2.06. The first kappa shape index (κ1) is 11.1. The summed E-state index contributed by atoms with van der Waals surface area (Å²) in [6.07, 6.45) is 0. The van der Waals surface area contributed by atoms with Gasteiger partial charge >= 0.3 is 0 Å². The van der Waals surface area contributed by atoms with Gasteiger partial charge in [0.1, 0.15) is 5.75 Å². The minimum Gasteiger partial charge on any atom is -0.492 e. The molecule has 0 aliphatic carbocycles. The maximum absolute atomic E-state index is 5.85. The Bertz CT molecular complexity index is 286. The molecular formula is C10H12ClIO. The highest BCUT2D eigenvalue weighted by molar-refractivity contribution is 14.1. The van der Waals surface area contributed by atoms with Gasteiger partial charge in [-0.2, -0.15) is 0 Å². The van der Waals surface area contributed by atoms with E-state index in [1.165, 1.54) is 0 Å². The van der Waals surface area contributed by atoms with Gasteiger partial charge in [-0.05, 0) is 46.7 Å². The van der Waals surface area contributed by atoms with E-state index in [1.54, 1.807) is 0 Å². The summed E-state index contributed by atoms with van der Waals surface area (Å²) in [5.74, 6) is 1.41. The highest BCUT2D eigenvalue weighted by Crippen LogP contribution is 2.25. The van der Waals surface area contributed by atoms with Gasteiger partial charge in [-0.3, -0.25) is 0 Å². The Morgan fingerprint density at radius 1 is 1.46 bits per heavy atom. The van der Waals surface area contributed by atoms with Crippen molar-refractivity contribution in [1.29, 1.82) is 0 Å². The van der Waals surface area contributed by atoms with Gasteiger partial charge in [0.05, 0.1) is 10.2 Å². The van der Waals surface area contributed by atoms with Crippen LogP contribution < -0.4 is 4.74 Å². The normalized spacial score (nSPS) is 10.5. The average molecular weight is 311 g/mol. The Balaban J connectivity index is 2.70. The van der Waals surface area contributed by atoms with Crippen molar-refractivity contribution in [1.82, 2.24) is 0 Å². The molecule has 1 nitrogen and oxygen atoms in total. The van der Waals surface area contributed by atoms with Crippen LogP contribution in [-0.4, -0.2) is 6.61 Å². The predicted molar refractivity (Wildman–Crippen MR) is 64.5 cm³/mol. The van der Waals surface area contributed by atoms with Crippen LogP contribution in [0.4, 0.5) is 0 Å². The fourth-order valence-corrected chi connectivity index (χ4v) is 1.50. The van der Waals surface area contributed by atoms with Crippen molar-refractivity contribution in [2.45, 2.75) is 13.8 Å². The van der Waals surface area contributed by atoms with E-state index in [0.717, 1.165) is 20.9 Å². The second-order valence-corrected chi connectivity index (χ2v) is 4.88. The Morgan fingerprint density at radius 3 is 2.77 bits per heavy atom. The molecule has 0 bridgehead atoms. The number of hydrogen-bond acceptors (Lipinski definition) is 1. The van der Waals surface area contributed by atoms with Crippen LogP contribution in [0.25, 0.3) is 0 Å². The summed E-state index contributed by atoms with van der Waals surface area (Å²) in [5, 5.41) is 0.721. The fourth-order valence-electron chi connectivity index (χ4n) is 0.844. The van der Waals surface area contributed by atoms with E-state index in [-0.39, 0.29) is 0 Å². The van der Waals surface area contributed by atoms with Crippen LogP contribution in [0.5, 0.6) is 5.75 Å². The molecule has 0 atom stereocenters. The van der Waals surface area contributed by atoms with Gasteiger partial charge in [-0.15, -0.1) is 0 Å². The van der Waals surface area contributed by atoms with Gasteiger partial charge in [0.25, 0.3) is 0 Å². The molecular weight excluding hydrogens is 298 g/mol. The van der Waals surface area contributed by atoms with Crippen LogP contribution >= 0.6 is 34.2 Å². The fraction of sp³-hybridized carbons (Fsp3) is 0.400. The second-order valence-electron chi connectivity index (χ2n) is 3.28. The standard InChI is InChI=1S/C10H12ClIO/c1-7(2)6-13-10-5-8(11)3-4-9(10)12/h3-5,7H,6H2,1-2H3. The molecule has 13 heavy (non-hydrogen) atoms. The van der Waals surface area contributed by atoms with E-state index >= 15 is 0 Å². The van der Waals surface area contributed by atoms with E-state index in [0.29, 0.717) is 5.92 Å². The maximum atomic E-state index is 5.85. The summed E-state index contributed by atoms with van der Waals surface area (Å²) in [4.78, 5) is 0. The zero-order valence-electron chi connectivity index (χ0n) is 7.68. The first-order valence-electron chi connectivity index (χ1n) is 4.17. The lowest BCUT2D eigenvalue weighted by Gasteiger charge is -2.10. The molecule has 0 fully saturated rings. The van der Waals surface area contributed by atoms with Crippen molar-refractivity contribution in [3.8, 4) is 5.75 Å². The summed E-state index contributed by atoms with van der Waals surface area (Å²) in [6.45, 7) is 4.98. The van der Waals surface area contributed by atoms with E-state index < -0.39 is 0 Å². The first-order valence-corrected chi connectivity index (χ1v) is 5.63. The maximum Gasteiger partial charge on any atom is 0.134 e. The monoisotopic (exact) mass is 310 g/mol. The highest BCUT2D eigenvalue weighted by atomic mass is 127. The van der Waals surface area contributed by atoms with Gasteiger partial charge < -0.3 is 4.74 Å². The third kappa shape index (κ3) is 3.73. The predicted octanol–water partition coefficient (Wildman–Crippen LogP) is 3.98. The van der Waals surface area contributed by atoms with Gasteiger partial charge in [0.2, 0.25) is 0 Å². The van der Waals surface area contributed by atoms with Crippen LogP contribution in [0, 0.1) is 9.49 Å². The topological polar surface area (TPSA) is 9.23 Å². The number of halogens is 2. The van der Waals surface area contributed by atoms with Crippen LogP contribution in [-0.2, 0) is 0 Å². The van der Waals surface area contributed by atoms with Crippen LogP contribution in [0.1, 0.15) is 13.8 Å². The molecule has 1 aromatic carbocycles. The molecule has 0 aliphatic heterocycles. The minimum atomic E-state index is 0.537. The molecule has 0 aromatic heterocycles. The second kappa shape index (κ2) is 5.05. The molecule has 0 unspecified atom stereocenters. The van der Waals surface area contributed by atoms with Gasteiger partial charge in [-0.25, -0.2) is 0 Å². The molecule has 0 heterocycles. The molecule has 0 spiro atoms. The number of ether oxygens (including phenoxy) is 1. The van der Waals surface area contributed by atoms with E-state index in [1.807, 2.05) is 18.2 Å². The molecule has 1 aromatic rings. The zero-order chi connectivity index (χ0) is 9.84.